The molecule has 1 aromatic rings. The summed E-state index contributed by atoms with van der Waals surface area (Å²) < 4.78 is 60.5. The molecule has 0 spiro atoms. The zero-order valence-corrected chi connectivity index (χ0v) is 17.1. The summed E-state index contributed by atoms with van der Waals surface area (Å²) in [5.74, 6) is 0.939. The Balaban J connectivity index is 1.89. The number of rotatable bonds is 6. The van der Waals surface area contributed by atoms with Crippen molar-refractivity contribution in [2.75, 3.05) is 43.6 Å². The van der Waals surface area contributed by atoms with Crippen LogP contribution >= 0.6 is 11.6 Å². The van der Waals surface area contributed by atoms with Gasteiger partial charge in [0.25, 0.3) is 0 Å². The van der Waals surface area contributed by atoms with E-state index in [1.807, 2.05) is 4.90 Å². The third-order valence-electron chi connectivity index (χ3n) is 4.19. The molecule has 0 aliphatic carbocycles. The predicted octanol–water partition coefficient (Wildman–Crippen LogP) is 1.93. The number of guanidine groups is 1. The Morgan fingerprint density at radius 2 is 2.18 bits per heavy atom. The van der Waals surface area contributed by atoms with Crippen molar-refractivity contribution in [1.29, 1.82) is 0 Å². The Bertz CT molecular complexity index is 817. The Labute approximate surface area is 167 Å². The van der Waals surface area contributed by atoms with Gasteiger partial charge in [0, 0.05) is 45.2 Å². The van der Waals surface area contributed by atoms with E-state index in [0.29, 0.717) is 37.8 Å². The Kier molecular flexibility index (Phi) is 7.38. The van der Waals surface area contributed by atoms with E-state index in [-0.39, 0.29) is 16.8 Å². The molecule has 1 saturated heterocycles. The summed E-state index contributed by atoms with van der Waals surface area (Å²) in [7, 11) is -1.40. The van der Waals surface area contributed by atoms with Crippen molar-refractivity contribution in [1.82, 2.24) is 15.6 Å². The molecule has 1 atom stereocenters. The maximum Gasteiger partial charge on any atom is 0.417 e. The number of nitrogens with zero attached hydrogens (tertiary/aromatic N) is 3. The molecule has 0 aromatic carbocycles. The van der Waals surface area contributed by atoms with Crippen molar-refractivity contribution in [3.8, 4) is 0 Å². The van der Waals surface area contributed by atoms with E-state index in [1.165, 1.54) is 6.26 Å². The second-order valence-corrected chi connectivity index (χ2v) is 9.25. The molecule has 2 heterocycles. The zero-order valence-electron chi connectivity index (χ0n) is 15.6. The average Bonchev–Trinajstić information content (AvgIpc) is 3.04. The van der Waals surface area contributed by atoms with Crippen molar-refractivity contribution >= 4 is 33.2 Å². The minimum absolute atomic E-state index is 0.00117. The topological polar surface area (TPSA) is 86.7 Å². The molecule has 1 aliphatic heterocycles. The molecular weight excluding hydrogens is 419 g/mol. The van der Waals surface area contributed by atoms with Gasteiger partial charge >= 0.3 is 6.18 Å². The van der Waals surface area contributed by atoms with Gasteiger partial charge in [-0.1, -0.05) is 11.6 Å². The molecule has 0 bridgehead atoms. The number of alkyl halides is 3. The first kappa shape index (κ1) is 22.5. The van der Waals surface area contributed by atoms with Crippen molar-refractivity contribution in [2.45, 2.75) is 25.1 Å². The molecule has 28 heavy (non-hydrogen) atoms. The average molecular weight is 442 g/mol. The number of aromatic nitrogens is 1. The van der Waals surface area contributed by atoms with Crippen LogP contribution in [0.5, 0.6) is 0 Å². The summed E-state index contributed by atoms with van der Waals surface area (Å²) in [6, 6.07) is 0.883. The number of halogens is 4. The molecule has 7 nitrogen and oxygen atoms in total. The van der Waals surface area contributed by atoms with Crippen LogP contribution in [0, 0.1) is 0 Å². The summed E-state index contributed by atoms with van der Waals surface area (Å²) >= 11 is 6.01. The molecule has 12 heteroatoms. The van der Waals surface area contributed by atoms with Gasteiger partial charge in [-0.05, 0) is 18.9 Å². The predicted molar refractivity (Wildman–Crippen MR) is 104 cm³/mol. The SMILES string of the molecule is CN=C(NCCCS(C)(=O)=O)NC1CCN(c2ncc(C(F)(F)F)cc2Cl)C1. The lowest BCUT2D eigenvalue weighted by Gasteiger charge is -2.21. The lowest BCUT2D eigenvalue weighted by molar-refractivity contribution is -0.137. The molecule has 0 saturated carbocycles. The van der Waals surface area contributed by atoms with E-state index in [1.54, 1.807) is 7.05 Å². The van der Waals surface area contributed by atoms with Crippen molar-refractivity contribution in [3.05, 3.63) is 22.8 Å². The van der Waals surface area contributed by atoms with Crippen LogP contribution in [0.25, 0.3) is 0 Å². The second kappa shape index (κ2) is 9.17. The van der Waals surface area contributed by atoms with Crippen LogP contribution in [0.15, 0.2) is 17.3 Å². The lowest BCUT2D eigenvalue weighted by Crippen LogP contribution is -2.45. The van der Waals surface area contributed by atoms with Crippen LogP contribution < -0.4 is 15.5 Å². The third kappa shape index (κ3) is 6.69. The number of sulfone groups is 1. The summed E-state index contributed by atoms with van der Waals surface area (Å²) in [6.07, 6.45) is -1.33. The van der Waals surface area contributed by atoms with Crippen molar-refractivity contribution in [2.24, 2.45) is 4.99 Å². The first-order valence-corrected chi connectivity index (χ1v) is 11.1. The number of nitrogens with one attached hydrogen (secondary N) is 2. The summed E-state index contributed by atoms with van der Waals surface area (Å²) in [6.45, 7) is 1.54. The number of anilines is 1. The minimum atomic E-state index is -4.49. The fourth-order valence-corrected chi connectivity index (χ4v) is 3.77. The van der Waals surface area contributed by atoms with Crippen LogP contribution in [-0.4, -0.2) is 64.1 Å². The summed E-state index contributed by atoms with van der Waals surface area (Å²) in [5.41, 5.74) is -0.881. The first-order chi connectivity index (χ1) is 13.0. The standard InChI is InChI=1S/C16H23ClF3N5O2S/c1-21-15(22-5-3-7-28(2,26)27)24-12-4-6-25(10-12)14-13(17)8-11(9-23-14)16(18,19)20/h8-9,12H,3-7,10H2,1-2H3,(H2,21,22,24). The monoisotopic (exact) mass is 441 g/mol. The number of aliphatic imine (C=N–C) groups is 1. The van der Waals surface area contributed by atoms with Crippen LogP contribution in [0.3, 0.4) is 0 Å². The maximum absolute atomic E-state index is 12.7. The van der Waals surface area contributed by atoms with Crippen molar-refractivity contribution in [3.63, 3.8) is 0 Å². The van der Waals surface area contributed by atoms with E-state index >= 15 is 0 Å². The van der Waals surface area contributed by atoms with Gasteiger partial charge in [-0.25, -0.2) is 13.4 Å². The molecule has 2 rings (SSSR count). The van der Waals surface area contributed by atoms with Gasteiger partial charge in [0.05, 0.1) is 16.3 Å². The molecule has 158 valence electrons. The molecule has 0 amide bonds. The van der Waals surface area contributed by atoms with E-state index in [0.717, 1.165) is 18.7 Å². The highest BCUT2D eigenvalue weighted by molar-refractivity contribution is 7.90. The molecule has 1 aliphatic rings. The van der Waals surface area contributed by atoms with E-state index < -0.39 is 21.6 Å². The normalized spacial score (nSPS) is 18.4. The summed E-state index contributed by atoms with van der Waals surface area (Å²) in [4.78, 5) is 9.80. The van der Waals surface area contributed by atoms with Crippen LogP contribution in [0.1, 0.15) is 18.4 Å². The van der Waals surface area contributed by atoms with Gasteiger partial charge < -0.3 is 15.5 Å². The zero-order chi connectivity index (χ0) is 20.9. The fourth-order valence-electron chi connectivity index (χ4n) is 2.82. The highest BCUT2D eigenvalue weighted by atomic mass is 35.5. The number of hydrogen-bond donors (Lipinski definition) is 2. The Hall–Kier alpha value is -1.75. The maximum atomic E-state index is 12.7. The third-order valence-corrected chi connectivity index (χ3v) is 5.49. The Morgan fingerprint density at radius 3 is 2.75 bits per heavy atom. The molecule has 1 fully saturated rings. The first-order valence-electron chi connectivity index (χ1n) is 8.62. The van der Waals surface area contributed by atoms with Gasteiger partial charge in [-0.3, -0.25) is 4.99 Å². The van der Waals surface area contributed by atoms with Gasteiger partial charge in [0.1, 0.15) is 15.7 Å². The second-order valence-electron chi connectivity index (χ2n) is 6.59. The molecule has 1 unspecified atom stereocenters. The van der Waals surface area contributed by atoms with Gasteiger partial charge in [-0.2, -0.15) is 13.2 Å². The van der Waals surface area contributed by atoms with Gasteiger partial charge in [0.2, 0.25) is 0 Å². The van der Waals surface area contributed by atoms with E-state index in [9.17, 15) is 21.6 Å². The number of pyridine rings is 1. The van der Waals surface area contributed by atoms with Crippen LogP contribution in [0.2, 0.25) is 5.02 Å². The number of hydrogen-bond acceptors (Lipinski definition) is 5. The largest absolute Gasteiger partial charge is 0.417 e. The van der Waals surface area contributed by atoms with Gasteiger partial charge in [-0.15, -0.1) is 0 Å². The van der Waals surface area contributed by atoms with E-state index in [2.05, 4.69) is 20.6 Å². The van der Waals surface area contributed by atoms with Crippen LogP contribution in [-0.2, 0) is 16.0 Å². The highest BCUT2D eigenvalue weighted by Gasteiger charge is 2.33. The molecule has 0 radical (unpaired) electrons. The quantitative estimate of drug-likeness (QED) is 0.398. The van der Waals surface area contributed by atoms with E-state index in [4.69, 9.17) is 11.6 Å². The fraction of sp³-hybridized carbons (Fsp3) is 0.625. The highest BCUT2D eigenvalue weighted by Crippen LogP contribution is 2.34. The Morgan fingerprint density at radius 1 is 1.46 bits per heavy atom. The van der Waals surface area contributed by atoms with Gasteiger partial charge in [0.15, 0.2) is 5.96 Å². The lowest BCUT2D eigenvalue weighted by atomic mass is 10.2. The summed E-state index contributed by atoms with van der Waals surface area (Å²) in [5, 5.41) is 6.22. The molecular formula is C16H23ClF3N5O2S. The van der Waals surface area contributed by atoms with Crippen molar-refractivity contribution < 1.29 is 21.6 Å². The minimum Gasteiger partial charge on any atom is -0.356 e. The molecule has 1 aromatic heterocycles. The van der Waals surface area contributed by atoms with Crippen LogP contribution in [0.4, 0.5) is 19.0 Å². The smallest absolute Gasteiger partial charge is 0.356 e. The molecule has 2 N–H and O–H groups in total.